The highest BCUT2D eigenvalue weighted by molar-refractivity contribution is 7.99. The molecule has 4 nitrogen and oxygen atoms in total. The predicted molar refractivity (Wildman–Crippen MR) is 83.3 cm³/mol. The maximum Gasteiger partial charge on any atom is 0.262 e. The van der Waals surface area contributed by atoms with Gasteiger partial charge in [-0.2, -0.15) is 0 Å². The summed E-state index contributed by atoms with van der Waals surface area (Å²) in [4.78, 5) is 26.7. The molecule has 2 N–H and O–H groups in total. The van der Waals surface area contributed by atoms with Gasteiger partial charge in [-0.3, -0.25) is 14.5 Å². The topological polar surface area (TPSA) is 63.4 Å². The fourth-order valence-corrected chi connectivity index (χ4v) is 3.29. The van der Waals surface area contributed by atoms with E-state index in [1.165, 1.54) is 16.7 Å². The van der Waals surface area contributed by atoms with Crippen molar-refractivity contribution in [2.75, 3.05) is 11.6 Å². The molecule has 2 aromatic carbocycles. The molecule has 0 aromatic heterocycles. The fourth-order valence-electron chi connectivity index (χ4n) is 2.28. The number of nitrogen functional groups attached to an aromatic ring is 1. The molecule has 3 rings (SSSR count). The van der Waals surface area contributed by atoms with Crippen molar-refractivity contribution in [2.24, 2.45) is 0 Å². The number of carbonyl (C=O) groups is 2. The van der Waals surface area contributed by atoms with E-state index < -0.39 is 0 Å². The zero-order valence-electron chi connectivity index (χ0n) is 11.5. The smallest absolute Gasteiger partial charge is 0.262 e. The van der Waals surface area contributed by atoms with Crippen molar-refractivity contribution >= 4 is 29.3 Å². The summed E-state index contributed by atoms with van der Waals surface area (Å²) in [6.45, 7) is 1.93. The number of hydrogen-bond donors (Lipinski definition) is 1. The molecular formula is C16H14N2O2S. The standard InChI is InChI=1S/C16H14N2O2S/c1-10-13(17)7-4-8-14(10)21-9-18-15(19)11-5-2-3-6-12(11)16(18)20/h2-8H,9,17H2,1H3. The maximum absolute atomic E-state index is 12.2. The van der Waals surface area contributed by atoms with Gasteiger partial charge in [0.05, 0.1) is 17.0 Å². The summed E-state index contributed by atoms with van der Waals surface area (Å²) in [7, 11) is 0. The fraction of sp³-hybridized carbons (Fsp3) is 0.125. The van der Waals surface area contributed by atoms with Gasteiger partial charge in [-0.25, -0.2) is 0 Å². The molecule has 0 radical (unpaired) electrons. The van der Waals surface area contributed by atoms with Crippen LogP contribution in [0.4, 0.5) is 5.69 Å². The van der Waals surface area contributed by atoms with Crippen LogP contribution >= 0.6 is 11.8 Å². The number of thioether (sulfide) groups is 1. The van der Waals surface area contributed by atoms with Crippen LogP contribution in [0.2, 0.25) is 0 Å². The number of hydrogen-bond acceptors (Lipinski definition) is 4. The van der Waals surface area contributed by atoms with Crippen LogP contribution in [0.3, 0.4) is 0 Å². The second-order valence-corrected chi connectivity index (χ2v) is 5.81. The molecule has 106 valence electrons. The second kappa shape index (κ2) is 5.26. The summed E-state index contributed by atoms with van der Waals surface area (Å²) in [6.07, 6.45) is 0. The van der Waals surface area contributed by atoms with Gasteiger partial charge in [0.25, 0.3) is 11.8 Å². The number of nitrogens with zero attached hydrogens (tertiary/aromatic N) is 1. The lowest BCUT2D eigenvalue weighted by Crippen LogP contribution is -2.29. The van der Waals surface area contributed by atoms with E-state index in [4.69, 9.17) is 5.73 Å². The van der Waals surface area contributed by atoms with Gasteiger partial charge in [0, 0.05) is 10.6 Å². The van der Waals surface area contributed by atoms with Crippen LogP contribution in [0.1, 0.15) is 26.3 Å². The molecule has 0 bridgehead atoms. The molecule has 1 aliphatic heterocycles. The van der Waals surface area contributed by atoms with E-state index in [1.54, 1.807) is 24.3 Å². The Morgan fingerprint density at radius 2 is 1.62 bits per heavy atom. The molecule has 2 amide bonds. The minimum Gasteiger partial charge on any atom is -0.398 e. The third-order valence-electron chi connectivity index (χ3n) is 3.55. The lowest BCUT2D eigenvalue weighted by molar-refractivity contribution is 0.0684. The van der Waals surface area contributed by atoms with Crippen LogP contribution in [0, 0.1) is 6.92 Å². The van der Waals surface area contributed by atoms with Gasteiger partial charge in [-0.1, -0.05) is 18.2 Å². The van der Waals surface area contributed by atoms with Crippen molar-refractivity contribution < 1.29 is 9.59 Å². The first kappa shape index (κ1) is 13.7. The quantitative estimate of drug-likeness (QED) is 0.537. The highest BCUT2D eigenvalue weighted by atomic mass is 32.2. The summed E-state index contributed by atoms with van der Waals surface area (Å²) < 4.78 is 0. The monoisotopic (exact) mass is 298 g/mol. The van der Waals surface area contributed by atoms with Gasteiger partial charge in [-0.15, -0.1) is 11.8 Å². The first-order valence-corrected chi connectivity index (χ1v) is 7.51. The third-order valence-corrected chi connectivity index (χ3v) is 4.69. The number of imide groups is 1. The number of fused-ring (bicyclic) bond motifs is 1. The Morgan fingerprint density at radius 3 is 2.24 bits per heavy atom. The zero-order valence-corrected chi connectivity index (χ0v) is 12.3. The van der Waals surface area contributed by atoms with Crippen LogP contribution in [-0.2, 0) is 0 Å². The first-order valence-electron chi connectivity index (χ1n) is 6.52. The Bertz CT molecular complexity index is 708. The second-order valence-electron chi connectivity index (χ2n) is 4.83. The minimum atomic E-state index is -0.232. The zero-order chi connectivity index (χ0) is 15.0. The lowest BCUT2D eigenvalue weighted by atomic mass is 10.1. The van der Waals surface area contributed by atoms with Crippen molar-refractivity contribution in [3.8, 4) is 0 Å². The molecular weight excluding hydrogens is 284 g/mol. The van der Waals surface area contributed by atoms with E-state index in [-0.39, 0.29) is 17.7 Å². The van der Waals surface area contributed by atoms with E-state index >= 15 is 0 Å². The molecule has 5 heteroatoms. The highest BCUT2D eigenvalue weighted by Crippen LogP contribution is 2.30. The van der Waals surface area contributed by atoms with Crippen molar-refractivity contribution in [3.63, 3.8) is 0 Å². The largest absolute Gasteiger partial charge is 0.398 e. The maximum atomic E-state index is 12.2. The first-order chi connectivity index (χ1) is 10.1. The molecule has 1 aliphatic rings. The molecule has 0 saturated carbocycles. The molecule has 0 saturated heterocycles. The van der Waals surface area contributed by atoms with Crippen LogP contribution in [-0.4, -0.2) is 22.6 Å². The van der Waals surface area contributed by atoms with E-state index in [1.807, 2.05) is 25.1 Å². The normalized spacial score (nSPS) is 13.7. The van der Waals surface area contributed by atoms with Crippen molar-refractivity contribution in [2.45, 2.75) is 11.8 Å². The summed E-state index contributed by atoms with van der Waals surface area (Å²) in [6, 6.07) is 12.5. The van der Waals surface area contributed by atoms with E-state index in [2.05, 4.69) is 0 Å². The number of anilines is 1. The summed E-state index contributed by atoms with van der Waals surface area (Å²) in [5, 5.41) is 0. The number of rotatable bonds is 3. The summed E-state index contributed by atoms with van der Waals surface area (Å²) >= 11 is 1.44. The summed E-state index contributed by atoms with van der Waals surface area (Å²) in [5.41, 5.74) is 8.51. The Morgan fingerprint density at radius 1 is 1.00 bits per heavy atom. The summed E-state index contributed by atoms with van der Waals surface area (Å²) in [5.74, 6) is -0.175. The van der Waals surface area contributed by atoms with Gasteiger partial charge in [0.15, 0.2) is 0 Å². The average molecular weight is 298 g/mol. The number of amides is 2. The minimum absolute atomic E-state index is 0.232. The van der Waals surface area contributed by atoms with Gasteiger partial charge in [-0.05, 0) is 36.8 Å². The van der Waals surface area contributed by atoms with Gasteiger partial charge in [0.2, 0.25) is 0 Å². The average Bonchev–Trinajstić information content (AvgIpc) is 2.73. The number of carbonyl (C=O) groups excluding carboxylic acids is 2. The molecule has 0 fully saturated rings. The lowest BCUT2D eigenvalue weighted by Gasteiger charge is -2.14. The Labute approximate surface area is 126 Å². The van der Waals surface area contributed by atoms with Gasteiger partial charge in [0.1, 0.15) is 0 Å². The molecule has 1 heterocycles. The Hall–Kier alpha value is -2.27. The van der Waals surface area contributed by atoms with Crippen LogP contribution in [0.15, 0.2) is 47.4 Å². The van der Waals surface area contributed by atoms with Crippen molar-refractivity contribution in [1.29, 1.82) is 0 Å². The van der Waals surface area contributed by atoms with Crippen LogP contribution in [0.5, 0.6) is 0 Å². The Balaban J connectivity index is 1.80. The van der Waals surface area contributed by atoms with Crippen LogP contribution in [0.25, 0.3) is 0 Å². The number of nitrogens with two attached hydrogens (primary N) is 1. The molecule has 0 aliphatic carbocycles. The van der Waals surface area contributed by atoms with Crippen molar-refractivity contribution in [3.05, 3.63) is 59.2 Å². The van der Waals surface area contributed by atoms with Crippen LogP contribution < -0.4 is 5.73 Å². The SMILES string of the molecule is Cc1c(N)cccc1SCN1C(=O)c2ccccc2C1=O. The molecule has 0 atom stereocenters. The molecule has 2 aromatic rings. The predicted octanol–water partition coefficient (Wildman–Crippen LogP) is 2.92. The Kier molecular flexibility index (Phi) is 3.43. The van der Waals surface area contributed by atoms with E-state index in [0.717, 1.165) is 10.5 Å². The van der Waals surface area contributed by atoms with Crippen molar-refractivity contribution in [1.82, 2.24) is 4.90 Å². The third kappa shape index (κ3) is 2.29. The molecule has 0 unspecified atom stereocenters. The van der Waals surface area contributed by atoms with Gasteiger partial charge < -0.3 is 5.73 Å². The van der Waals surface area contributed by atoms with E-state index in [9.17, 15) is 9.59 Å². The number of benzene rings is 2. The molecule has 0 spiro atoms. The highest BCUT2D eigenvalue weighted by Gasteiger charge is 2.34. The molecule has 21 heavy (non-hydrogen) atoms. The van der Waals surface area contributed by atoms with E-state index in [0.29, 0.717) is 16.8 Å². The van der Waals surface area contributed by atoms with Gasteiger partial charge >= 0.3 is 0 Å².